The number of imidazole rings is 1. The standard InChI is InChI=1S/C18H17N3O2/c1-12-9-10-21-14(11-12)19-15(13-7-5-4-6-8-13)16(21)17(22)18(23)20(2)3/h4-11H,1-3H3. The number of carbonyl (C=O) groups excluding carboxylic acids is 2. The molecule has 0 unspecified atom stereocenters. The van der Waals surface area contributed by atoms with E-state index in [1.807, 2.05) is 49.4 Å². The first-order chi connectivity index (χ1) is 11.0. The Bertz CT molecular complexity index is 895. The van der Waals surface area contributed by atoms with E-state index in [2.05, 4.69) is 4.98 Å². The predicted molar refractivity (Wildman–Crippen MR) is 88.4 cm³/mol. The zero-order chi connectivity index (χ0) is 16.6. The van der Waals surface area contributed by atoms with Crippen LogP contribution in [0.5, 0.6) is 0 Å². The van der Waals surface area contributed by atoms with E-state index in [4.69, 9.17) is 0 Å². The van der Waals surface area contributed by atoms with Crippen LogP contribution >= 0.6 is 0 Å². The molecule has 0 atom stereocenters. The fourth-order valence-corrected chi connectivity index (χ4v) is 2.47. The van der Waals surface area contributed by atoms with Gasteiger partial charge < -0.3 is 4.90 Å². The molecule has 0 aliphatic rings. The van der Waals surface area contributed by atoms with Crippen molar-refractivity contribution in [3.63, 3.8) is 0 Å². The molecular weight excluding hydrogens is 290 g/mol. The number of rotatable bonds is 3. The number of amides is 1. The van der Waals surface area contributed by atoms with E-state index in [1.54, 1.807) is 24.7 Å². The van der Waals surface area contributed by atoms with Gasteiger partial charge in [0.05, 0.1) is 0 Å². The summed E-state index contributed by atoms with van der Waals surface area (Å²) in [5.41, 5.74) is 3.32. The Morgan fingerprint density at radius 1 is 1.09 bits per heavy atom. The minimum Gasteiger partial charge on any atom is -0.342 e. The van der Waals surface area contributed by atoms with E-state index in [0.29, 0.717) is 17.0 Å². The molecule has 0 aliphatic carbocycles. The number of hydrogen-bond donors (Lipinski definition) is 0. The molecule has 1 amide bonds. The highest BCUT2D eigenvalue weighted by Gasteiger charge is 2.27. The van der Waals surface area contributed by atoms with Crippen molar-refractivity contribution < 1.29 is 9.59 Å². The second kappa shape index (κ2) is 5.68. The lowest BCUT2D eigenvalue weighted by Gasteiger charge is -2.10. The summed E-state index contributed by atoms with van der Waals surface area (Å²) in [7, 11) is 3.13. The number of aryl methyl sites for hydroxylation is 1. The molecule has 0 radical (unpaired) electrons. The summed E-state index contributed by atoms with van der Waals surface area (Å²) in [4.78, 5) is 30.7. The minimum absolute atomic E-state index is 0.296. The minimum atomic E-state index is -0.565. The van der Waals surface area contributed by atoms with Crippen molar-refractivity contribution >= 4 is 17.3 Å². The third-order valence-corrected chi connectivity index (χ3v) is 3.64. The molecule has 0 bridgehead atoms. The van der Waals surface area contributed by atoms with E-state index in [9.17, 15) is 9.59 Å². The molecule has 1 aromatic carbocycles. The smallest absolute Gasteiger partial charge is 0.296 e. The van der Waals surface area contributed by atoms with Gasteiger partial charge in [-0.2, -0.15) is 0 Å². The highest BCUT2D eigenvalue weighted by atomic mass is 16.2. The third-order valence-electron chi connectivity index (χ3n) is 3.64. The summed E-state index contributed by atoms with van der Waals surface area (Å²) >= 11 is 0. The van der Waals surface area contributed by atoms with E-state index in [1.165, 1.54) is 4.90 Å². The van der Waals surface area contributed by atoms with Gasteiger partial charge in [-0.3, -0.25) is 14.0 Å². The topological polar surface area (TPSA) is 54.7 Å². The Kier molecular flexibility index (Phi) is 3.70. The number of nitrogens with zero attached hydrogens (tertiary/aromatic N) is 3. The van der Waals surface area contributed by atoms with Crippen molar-refractivity contribution in [2.24, 2.45) is 0 Å². The Morgan fingerprint density at radius 2 is 1.78 bits per heavy atom. The van der Waals surface area contributed by atoms with Gasteiger partial charge in [-0.25, -0.2) is 4.98 Å². The molecule has 3 rings (SSSR count). The van der Waals surface area contributed by atoms with Crippen molar-refractivity contribution in [1.29, 1.82) is 0 Å². The number of pyridine rings is 1. The second-order valence-corrected chi connectivity index (χ2v) is 5.64. The van der Waals surface area contributed by atoms with Crippen LogP contribution < -0.4 is 0 Å². The fourth-order valence-electron chi connectivity index (χ4n) is 2.47. The van der Waals surface area contributed by atoms with Crippen molar-refractivity contribution in [1.82, 2.24) is 14.3 Å². The maximum Gasteiger partial charge on any atom is 0.296 e. The average Bonchev–Trinajstić information content (AvgIpc) is 2.92. The molecule has 0 spiro atoms. The number of benzene rings is 1. The molecule has 23 heavy (non-hydrogen) atoms. The summed E-state index contributed by atoms with van der Waals surface area (Å²) < 4.78 is 1.68. The maximum absolute atomic E-state index is 12.7. The van der Waals surface area contributed by atoms with Gasteiger partial charge in [-0.1, -0.05) is 30.3 Å². The fraction of sp³-hybridized carbons (Fsp3) is 0.167. The van der Waals surface area contributed by atoms with E-state index < -0.39 is 11.7 Å². The zero-order valence-corrected chi connectivity index (χ0v) is 13.3. The number of carbonyl (C=O) groups is 2. The quantitative estimate of drug-likeness (QED) is 0.552. The van der Waals surface area contributed by atoms with Gasteiger partial charge in [0.15, 0.2) is 0 Å². The number of hydrogen-bond acceptors (Lipinski definition) is 3. The van der Waals surface area contributed by atoms with Gasteiger partial charge in [0.25, 0.3) is 11.7 Å². The number of ketones is 1. The molecule has 5 nitrogen and oxygen atoms in total. The van der Waals surface area contributed by atoms with Gasteiger partial charge in [0.1, 0.15) is 17.0 Å². The first-order valence-corrected chi connectivity index (χ1v) is 7.29. The predicted octanol–water partition coefficient (Wildman–Crippen LogP) is 2.58. The summed E-state index contributed by atoms with van der Waals surface area (Å²) in [6, 6.07) is 13.2. The summed E-state index contributed by atoms with van der Waals surface area (Å²) in [5, 5.41) is 0. The molecule has 5 heteroatoms. The van der Waals surface area contributed by atoms with Gasteiger partial charge in [0.2, 0.25) is 0 Å². The van der Waals surface area contributed by atoms with E-state index in [-0.39, 0.29) is 0 Å². The molecule has 116 valence electrons. The van der Waals surface area contributed by atoms with Gasteiger partial charge in [-0.15, -0.1) is 0 Å². The Morgan fingerprint density at radius 3 is 2.43 bits per heavy atom. The number of fused-ring (bicyclic) bond motifs is 1. The highest BCUT2D eigenvalue weighted by Crippen LogP contribution is 2.25. The summed E-state index contributed by atoms with van der Waals surface area (Å²) in [6.07, 6.45) is 1.78. The molecular formula is C18H17N3O2. The molecule has 3 aromatic rings. The van der Waals surface area contributed by atoms with Crippen LogP contribution in [-0.4, -0.2) is 40.1 Å². The number of aromatic nitrogens is 2. The monoisotopic (exact) mass is 307 g/mol. The molecule has 2 heterocycles. The van der Waals surface area contributed by atoms with Crippen LogP contribution in [0.4, 0.5) is 0 Å². The SMILES string of the molecule is Cc1ccn2c(C(=O)C(=O)N(C)C)c(-c3ccccc3)nc2c1. The number of Topliss-reactive ketones (excluding diaryl/α,β-unsaturated/α-hetero) is 1. The average molecular weight is 307 g/mol. The first-order valence-electron chi connectivity index (χ1n) is 7.29. The lowest BCUT2D eigenvalue weighted by molar-refractivity contribution is -0.124. The largest absolute Gasteiger partial charge is 0.342 e. The van der Waals surface area contributed by atoms with Crippen LogP contribution in [0.15, 0.2) is 48.7 Å². The normalized spacial score (nSPS) is 10.7. The molecule has 0 saturated heterocycles. The Labute approximate surface area is 134 Å². The molecule has 0 N–H and O–H groups in total. The van der Waals surface area contributed by atoms with E-state index >= 15 is 0 Å². The van der Waals surface area contributed by atoms with Crippen LogP contribution in [0.1, 0.15) is 16.1 Å². The summed E-state index contributed by atoms with van der Waals surface area (Å²) in [6.45, 7) is 1.96. The molecule has 0 fully saturated rings. The van der Waals surface area contributed by atoms with Crippen molar-refractivity contribution in [3.05, 3.63) is 59.9 Å². The van der Waals surface area contributed by atoms with E-state index in [0.717, 1.165) is 11.1 Å². The lowest BCUT2D eigenvalue weighted by atomic mass is 10.1. The van der Waals surface area contributed by atoms with Gasteiger partial charge in [-0.05, 0) is 24.6 Å². The number of likely N-dealkylation sites (N-methyl/N-ethyl adjacent to an activating group) is 1. The molecule has 2 aromatic heterocycles. The third kappa shape index (κ3) is 2.61. The van der Waals surface area contributed by atoms with Crippen LogP contribution in [-0.2, 0) is 4.79 Å². The highest BCUT2D eigenvalue weighted by molar-refractivity contribution is 6.43. The van der Waals surface area contributed by atoms with Crippen molar-refractivity contribution in [3.8, 4) is 11.3 Å². The van der Waals surface area contributed by atoms with Crippen LogP contribution in [0.25, 0.3) is 16.9 Å². The lowest BCUT2D eigenvalue weighted by Crippen LogP contribution is -2.31. The maximum atomic E-state index is 12.7. The van der Waals surface area contributed by atoms with Crippen LogP contribution in [0, 0.1) is 6.92 Å². The first kappa shape index (κ1) is 15.0. The van der Waals surface area contributed by atoms with Crippen molar-refractivity contribution in [2.45, 2.75) is 6.92 Å². The van der Waals surface area contributed by atoms with Crippen LogP contribution in [0.3, 0.4) is 0 Å². The van der Waals surface area contributed by atoms with Crippen molar-refractivity contribution in [2.75, 3.05) is 14.1 Å². The van der Waals surface area contributed by atoms with Crippen LogP contribution in [0.2, 0.25) is 0 Å². The Hall–Kier alpha value is -2.95. The molecule has 0 aliphatic heterocycles. The second-order valence-electron chi connectivity index (χ2n) is 5.64. The van der Waals surface area contributed by atoms with Gasteiger partial charge >= 0.3 is 0 Å². The summed E-state index contributed by atoms with van der Waals surface area (Å²) in [5.74, 6) is -1.13. The molecule has 0 saturated carbocycles. The Balaban J connectivity index is 2.29. The van der Waals surface area contributed by atoms with Gasteiger partial charge in [0, 0.05) is 25.9 Å². The zero-order valence-electron chi connectivity index (χ0n) is 13.3.